The van der Waals surface area contributed by atoms with Gasteiger partial charge in [0, 0.05) is 35.0 Å². The van der Waals surface area contributed by atoms with Gasteiger partial charge in [0.1, 0.15) is 5.82 Å². The monoisotopic (exact) mass is 469 g/mol. The molecule has 1 aromatic carbocycles. The second-order valence-electron chi connectivity index (χ2n) is 7.55. The lowest BCUT2D eigenvalue weighted by atomic mass is 10.1. The molecule has 7 nitrogen and oxygen atoms in total. The highest BCUT2D eigenvalue weighted by atomic mass is 79.9. The summed E-state index contributed by atoms with van der Waals surface area (Å²) in [6.07, 6.45) is 8.06. The average molecular weight is 470 g/mol. The molecule has 1 saturated carbocycles. The van der Waals surface area contributed by atoms with Crippen LogP contribution in [0.2, 0.25) is 0 Å². The summed E-state index contributed by atoms with van der Waals surface area (Å²) in [4.78, 5) is 17.2. The van der Waals surface area contributed by atoms with E-state index in [2.05, 4.69) is 31.3 Å². The highest BCUT2D eigenvalue weighted by Gasteiger charge is 2.30. The number of nitrogens with two attached hydrogens (primary N) is 1. The zero-order valence-electron chi connectivity index (χ0n) is 16.7. The summed E-state index contributed by atoms with van der Waals surface area (Å²) in [7, 11) is 1.84. The maximum absolute atomic E-state index is 13.0. The fourth-order valence-corrected chi connectivity index (χ4v) is 3.97. The molecule has 1 aliphatic carbocycles. The molecule has 0 radical (unpaired) electrons. The number of halogens is 1. The molecular formula is C22H24BrN5O2. The molecule has 3 aromatic rings. The lowest BCUT2D eigenvalue weighted by molar-refractivity contribution is 0.0272. The van der Waals surface area contributed by atoms with Gasteiger partial charge >= 0.3 is 0 Å². The van der Waals surface area contributed by atoms with Crippen molar-refractivity contribution in [1.82, 2.24) is 20.1 Å². The van der Waals surface area contributed by atoms with E-state index in [-0.39, 0.29) is 23.9 Å². The fourth-order valence-electron chi connectivity index (χ4n) is 3.71. The number of anilines is 1. The van der Waals surface area contributed by atoms with Gasteiger partial charge in [0.25, 0.3) is 5.91 Å². The predicted molar refractivity (Wildman–Crippen MR) is 119 cm³/mol. The van der Waals surface area contributed by atoms with E-state index in [0.29, 0.717) is 12.2 Å². The number of carbonyl (C=O) groups excluding carboxylic acids is 1. The molecule has 1 amide bonds. The van der Waals surface area contributed by atoms with Crippen molar-refractivity contribution in [2.45, 2.75) is 38.0 Å². The second-order valence-corrected chi connectivity index (χ2v) is 8.46. The number of nitrogen functional groups attached to an aromatic ring is 1. The van der Waals surface area contributed by atoms with Crippen LogP contribution < -0.4 is 11.1 Å². The first kappa shape index (κ1) is 20.6. The van der Waals surface area contributed by atoms with Crippen LogP contribution >= 0.6 is 15.9 Å². The molecule has 2 heterocycles. The van der Waals surface area contributed by atoms with E-state index in [1.54, 1.807) is 23.1 Å². The van der Waals surface area contributed by atoms with Crippen LogP contribution in [0.15, 0.2) is 53.4 Å². The first-order chi connectivity index (χ1) is 14.5. The third kappa shape index (κ3) is 4.71. The number of benzene rings is 1. The average Bonchev–Trinajstić information content (AvgIpc) is 3.36. The highest BCUT2D eigenvalue weighted by molar-refractivity contribution is 9.10. The Morgan fingerprint density at radius 1 is 1.27 bits per heavy atom. The van der Waals surface area contributed by atoms with Gasteiger partial charge in [0.15, 0.2) is 0 Å². The molecule has 3 N–H and O–H groups in total. The fraction of sp³-hybridized carbons (Fsp3) is 0.318. The van der Waals surface area contributed by atoms with Crippen LogP contribution in [-0.2, 0) is 18.4 Å². The molecule has 0 spiro atoms. The van der Waals surface area contributed by atoms with E-state index in [0.717, 1.165) is 40.4 Å². The SMILES string of the molecule is Cn1cc(-c2cnc(N)c(C(=O)N[C@H]3CCC[C@@H]3OCc3ccc(Br)cc3)c2)cn1. The minimum Gasteiger partial charge on any atom is -0.383 e. The number of rotatable bonds is 6. The predicted octanol–water partition coefficient (Wildman–Crippen LogP) is 3.69. The van der Waals surface area contributed by atoms with Gasteiger partial charge in [-0.2, -0.15) is 5.10 Å². The maximum atomic E-state index is 13.0. The molecule has 0 unspecified atom stereocenters. The van der Waals surface area contributed by atoms with Gasteiger partial charge in [-0.05, 0) is 43.0 Å². The van der Waals surface area contributed by atoms with Crippen molar-refractivity contribution in [3.05, 3.63) is 64.5 Å². The van der Waals surface area contributed by atoms with Crippen molar-refractivity contribution in [2.75, 3.05) is 5.73 Å². The van der Waals surface area contributed by atoms with E-state index in [4.69, 9.17) is 10.5 Å². The number of aromatic nitrogens is 3. The van der Waals surface area contributed by atoms with Crippen LogP contribution in [0.25, 0.3) is 11.1 Å². The zero-order valence-corrected chi connectivity index (χ0v) is 18.3. The smallest absolute Gasteiger partial charge is 0.255 e. The summed E-state index contributed by atoms with van der Waals surface area (Å²) in [6.45, 7) is 0.518. The third-order valence-corrected chi connectivity index (χ3v) is 5.88. The van der Waals surface area contributed by atoms with E-state index in [1.807, 2.05) is 37.5 Å². The maximum Gasteiger partial charge on any atom is 0.255 e. The van der Waals surface area contributed by atoms with Gasteiger partial charge in [-0.25, -0.2) is 4.98 Å². The van der Waals surface area contributed by atoms with Gasteiger partial charge in [-0.3, -0.25) is 9.48 Å². The summed E-state index contributed by atoms with van der Waals surface area (Å²) in [5, 5.41) is 7.27. The number of nitrogens with one attached hydrogen (secondary N) is 1. The van der Waals surface area contributed by atoms with Crippen LogP contribution in [0.1, 0.15) is 35.2 Å². The standard InChI is InChI=1S/C22H24BrN5O2/c1-28-12-16(11-26-28)15-9-18(21(24)25-10-15)22(29)27-19-3-2-4-20(19)30-13-14-5-7-17(23)8-6-14/h5-12,19-20H,2-4,13H2,1H3,(H2,24,25)(H,27,29)/t19-,20-/m0/s1. The Morgan fingerprint density at radius 2 is 2.07 bits per heavy atom. The number of hydrogen-bond acceptors (Lipinski definition) is 5. The summed E-state index contributed by atoms with van der Waals surface area (Å²) < 4.78 is 8.86. The lowest BCUT2D eigenvalue weighted by Gasteiger charge is -2.22. The molecule has 2 aromatic heterocycles. The number of hydrogen-bond donors (Lipinski definition) is 2. The molecule has 2 atom stereocenters. The Balaban J connectivity index is 1.43. The van der Waals surface area contributed by atoms with Gasteiger partial charge in [0.05, 0.1) is 30.5 Å². The van der Waals surface area contributed by atoms with Crippen molar-refractivity contribution in [3.63, 3.8) is 0 Å². The van der Waals surface area contributed by atoms with E-state index in [1.165, 1.54) is 0 Å². The minimum absolute atomic E-state index is 0.0201. The zero-order chi connectivity index (χ0) is 21.1. The molecule has 1 aliphatic rings. The van der Waals surface area contributed by atoms with Crippen molar-refractivity contribution < 1.29 is 9.53 Å². The summed E-state index contributed by atoms with van der Waals surface area (Å²) in [5.74, 6) is -0.0136. The first-order valence-corrected chi connectivity index (χ1v) is 10.7. The van der Waals surface area contributed by atoms with Gasteiger partial charge < -0.3 is 15.8 Å². The van der Waals surface area contributed by atoms with Crippen LogP contribution in [0.5, 0.6) is 0 Å². The van der Waals surface area contributed by atoms with Crippen molar-refractivity contribution in [3.8, 4) is 11.1 Å². The second kappa shape index (κ2) is 8.97. The minimum atomic E-state index is -0.227. The van der Waals surface area contributed by atoms with Crippen molar-refractivity contribution in [1.29, 1.82) is 0 Å². The van der Waals surface area contributed by atoms with E-state index < -0.39 is 0 Å². The molecule has 8 heteroatoms. The van der Waals surface area contributed by atoms with Gasteiger partial charge in [0.2, 0.25) is 0 Å². The molecule has 0 saturated heterocycles. The van der Waals surface area contributed by atoms with Crippen LogP contribution in [0, 0.1) is 0 Å². The largest absolute Gasteiger partial charge is 0.383 e. The molecule has 156 valence electrons. The lowest BCUT2D eigenvalue weighted by Crippen LogP contribution is -2.41. The number of nitrogens with zero attached hydrogens (tertiary/aromatic N) is 3. The van der Waals surface area contributed by atoms with E-state index >= 15 is 0 Å². The molecule has 0 bridgehead atoms. The van der Waals surface area contributed by atoms with Gasteiger partial charge in [-0.15, -0.1) is 0 Å². The summed E-state index contributed by atoms with van der Waals surface area (Å²) in [6, 6.07) is 9.77. The van der Waals surface area contributed by atoms with Crippen LogP contribution in [-0.4, -0.2) is 32.8 Å². The normalized spacial score (nSPS) is 18.5. The van der Waals surface area contributed by atoms with E-state index in [9.17, 15) is 4.79 Å². The Kier molecular flexibility index (Phi) is 6.15. The molecule has 1 fully saturated rings. The third-order valence-electron chi connectivity index (χ3n) is 5.35. The summed E-state index contributed by atoms with van der Waals surface area (Å²) >= 11 is 3.44. The molecule has 4 rings (SSSR count). The molecule has 0 aliphatic heterocycles. The first-order valence-electron chi connectivity index (χ1n) is 9.91. The van der Waals surface area contributed by atoms with Crippen LogP contribution in [0.3, 0.4) is 0 Å². The Morgan fingerprint density at radius 3 is 2.80 bits per heavy atom. The van der Waals surface area contributed by atoms with Crippen molar-refractivity contribution >= 4 is 27.7 Å². The number of aryl methyl sites for hydroxylation is 1. The Bertz CT molecular complexity index is 1030. The Hall–Kier alpha value is -2.71. The number of ether oxygens (including phenoxy) is 1. The van der Waals surface area contributed by atoms with Gasteiger partial charge in [-0.1, -0.05) is 28.1 Å². The molecular weight excluding hydrogens is 446 g/mol. The topological polar surface area (TPSA) is 95.1 Å². The van der Waals surface area contributed by atoms with Crippen LogP contribution in [0.4, 0.5) is 5.82 Å². The number of amides is 1. The number of pyridine rings is 1. The summed E-state index contributed by atoms with van der Waals surface area (Å²) in [5.41, 5.74) is 9.16. The molecule has 30 heavy (non-hydrogen) atoms. The van der Waals surface area contributed by atoms with Crippen molar-refractivity contribution in [2.24, 2.45) is 7.05 Å². The highest BCUT2D eigenvalue weighted by Crippen LogP contribution is 2.26. The number of carbonyl (C=O) groups is 1. The Labute approximate surface area is 183 Å². The quantitative estimate of drug-likeness (QED) is 0.573.